The van der Waals surface area contributed by atoms with Gasteiger partial charge in [-0.3, -0.25) is 9.27 Å². The number of hydrogen-bond acceptors (Lipinski definition) is 4. The highest BCUT2D eigenvalue weighted by atomic mass is 32.2. The molecule has 90 valence electrons. The summed E-state index contributed by atoms with van der Waals surface area (Å²) in [5, 5.41) is 0. The van der Waals surface area contributed by atoms with Gasteiger partial charge in [-0.2, -0.15) is 8.42 Å². The molecule has 0 saturated carbocycles. The molecule has 0 aliphatic carbocycles. The maximum absolute atomic E-state index is 10.9. The third kappa shape index (κ3) is 3.47. The lowest BCUT2D eigenvalue weighted by molar-refractivity contribution is 0.482. The average Bonchev–Trinajstić information content (AvgIpc) is 2.04. The van der Waals surface area contributed by atoms with Crippen molar-refractivity contribution in [2.75, 3.05) is 11.0 Å². The second kappa shape index (κ2) is 4.04. The van der Waals surface area contributed by atoms with Gasteiger partial charge in [0.25, 0.3) is 10.1 Å². The first-order valence-electron chi connectivity index (χ1n) is 4.15. The van der Waals surface area contributed by atoms with Crippen LogP contribution in [-0.4, -0.2) is 27.6 Å². The smallest absolute Gasteiger partial charge is 0.284 e. The number of rotatable bonds is 3. The Hall–Kier alpha value is -1.12. The summed E-state index contributed by atoms with van der Waals surface area (Å²) in [6, 6.07) is 3.87. The summed E-state index contributed by atoms with van der Waals surface area (Å²) in [4.78, 5) is -0.318. The SMILES string of the molecule is Cc1ccc(NS(C)(=O)=O)cc1S(=O)(=O)O. The van der Waals surface area contributed by atoms with E-state index in [1.807, 2.05) is 0 Å². The molecule has 0 aliphatic rings. The van der Waals surface area contributed by atoms with Gasteiger partial charge in [0.15, 0.2) is 0 Å². The van der Waals surface area contributed by atoms with E-state index in [0.717, 1.165) is 12.3 Å². The van der Waals surface area contributed by atoms with Gasteiger partial charge in [0.1, 0.15) is 0 Å². The molecule has 0 heterocycles. The van der Waals surface area contributed by atoms with Gasteiger partial charge in [0.05, 0.1) is 11.2 Å². The van der Waals surface area contributed by atoms with Crippen LogP contribution in [0, 0.1) is 6.92 Å². The largest absolute Gasteiger partial charge is 0.294 e. The first-order valence-corrected chi connectivity index (χ1v) is 7.49. The van der Waals surface area contributed by atoms with Crippen LogP contribution >= 0.6 is 0 Å². The summed E-state index contributed by atoms with van der Waals surface area (Å²) in [5.74, 6) is 0. The highest BCUT2D eigenvalue weighted by molar-refractivity contribution is 7.92. The van der Waals surface area contributed by atoms with Crippen molar-refractivity contribution in [3.05, 3.63) is 23.8 Å². The molecule has 0 atom stereocenters. The number of sulfonamides is 1. The van der Waals surface area contributed by atoms with Crippen LogP contribution < -0.4 is 4.72 Å². The summed E-state index contributed by atoms with van der Waals surface area (Å²) in [6.45, 7) is 1.49. The number of anilines is 1. The predicted molar refractivity (Wildman–Crippen MR) is 59.5 cm³/mol. The molecule has 1 rings (SSSR count). The van der Waals surface area contributed by atoms with Gasteiger partial charge < -0.3 is 0 Å². The average molecular weight is 265 g/mol. The second-order valence-electron chi connectivity index (χ2n) is 3.33. The van der Waals surface area contributed by atoms with Crippen LogP contribution in [0.4, 0.5) is 5.69 Å². The van der Waals surface area contributed by atoms with E-state index in [1.54, 1.807) is 0 Å². The lowest BCUT2D eigenvalue weighted by atomic mass is 10.2. The van der Waals surface area contributed by atoms with Crippen molar-refractivity contribution in [2.24, 2.45) is 0 Å². The fourth-order valence-corrected chi connectivity index (χ4v) is 2.46. The fraction of sp³-hybridized carbons (Fsp3) is 0.250. The van der Waals surface area contributed by atoms with E-state index in [9.17, 15) is 16.8 Å². The Balaban J connectivity index is 3.29. The van der Waals surface area contributed by atoms with E-state index >= 15 is 0 Å². The maximum atomic E-state index is 10.9. The van der Waals surface area contributed by atoms with Crippen molar-refractivity contribution in [1.29, 1.82) is 0 Å². The summed E-state index contributed by atoms with van der Waals surface area (Å²) in [7, 11) is -7.83. The molecule has 2 N–H and O–H groups in total. The first-order chi connectivity index (χ1) is 7.09. The second-order valence-corrected chi connectivity index (χ2v) is 6.47. The van der Waals surface area contributed by atoms with Crippen LogP contribution in [0.3, 0.4) is 0 Å². The molecular weight excluding hydrogens is 254 g/mol. The molecule has 6 nitrogen and oxygen atoms in total. The standard InChI is InChI=1S/C8H11NO5S2/c1-6-3-4-7(9-15(2,10)11)5-8(6)16(12,13)14/h3-5,9H,1-2H3,(H,12,13,14). The predicted octanol–water partition coefficient (Wildman–Crippen LogP) is 0.613. The zero-order valence-electron chi connectivity index (χ0n) is 8.63. The van der Waals surface area contributed by atoms with Crippen LogP contribution in [0.2, 0.25) is 0 Å². The zero-order chi connectivity index (χ0) is 12.6. The highest BCUT2D eigenvalue weighted by Crippen LogP contribution is 2.20. The molecule has 0 radical (unpaired) electrons. The zero-order valence-corrected chi connectivity index (χ0v) is 10.3. The minimum Gasteiger partial charge on any atom is -0.284 e. The molecule has 1 aromatic carbocycles. The Morgan fingerprint density at radius 2 is 1.75 bits per heavy atom. The van der Waals surface area contributed by atoms with E-state index in [2.05, 4.69) is 4.72 Å². The van der Waals surface area contributed by atoms with Crippen LogP contribution in [0.15, 0.2) is 23.1 Å². The first kappa shape index (κ1) is 12.9. The van der Waals surface area contributed by atoms with Gasteiger partial charge in [-0.05, 0) is 24.6 Å². The number of aryl methyl sites for hydroxylation is 1. The van der Waals surface area contributed by atoms with Crippen molar-refractivity contribution < 1.29 is 21.4 Å². The molecular formula is C8H11NO5S2. The maximum Gasteiger partial charge on any atom is 0.294 e. The lowest BCUT2D eigenvalue weighted by Crippen LogP contribution is -2.10. The quantitative estimate of drug-likeness (QED) is 0.780. The van der Waals surface area contributed by atoms with Crippen LogP contribution in [0.25, 0.3) is 0 Å². The van der Waals surface area contributed by atoms with Crippen molar-refractivity contribution in [1.82, 2.24) is 0 Å². The van der Waals surface area contributed by atoms with Crippen molar-refractivity contribution in [2.45, 2.75) is 11.8 Å². The van der Waals surface area contributed by atoms with Gasteiger partial charge in [-0.25, -0.2) is 8.42 Å². The van der Waals surface area contributed by atoms with Gasteiger partial charge in [-0.15, -0.1) is 0 Å². The van der Waals surface area contributed by atoms with E-state index in [4.69, 9.17) is 4.55 Å². The number of hydrogen-bond donors (Lipinski definition) is 2. The monoisotopic (exact) mass is 265 g/mol. The summed E-state index contributed by atoms with van der Waals surface area (Å²) >= 11 is 0. The Kier molecular flexibility index (Phi) is 3.27. The van der Waals surface area contributed by atoms with Gasteiger partial charge in [0, 0.05) is 5.69 Å². The Labute approximate surface area is 94.1 Å². The normalized spacial score (nSPS) is 12.4. The number of benzene rings is 1. The van der Waals surface area contributed by atoms with Crippen LogP contribution in [-0.2, 0) is 20.1 Å². The van der Waals surface area contributed by atoms with Crippen molar-refractivity contribution in [3.63, 3.8) is 0 Å². The molecule has 0 aromatic heterocycles. The minimum absolute atomic E-state index is 0.0840. The van der Waals surface area contributed by atoms with E-state index < -0.39 is 20.1 Å². The van der Waals surface area contributed by atoms with E-state index in [1.165, 1.54) is 19.1 Å². The Morgan fingerprint density at radius 1 is 1.19 bits per heavy atom. The molecule has 0 spiro atoms. The number of nitrogens with one attached hydrogen (secondary N) is 1. The molecule has 16 heavy (non-hydrogen) atoms. The van der Waals surface area contributed by atoms with Crippen molar-refractivity contribution in [3.8, 4) is 0 Å². The van der Waals surface area contributed by atoms with E-state index in [-0.39, 0.29) is 10.6 Å². The van der Waals surface area contributed by atoms with E-state index in [0.29, 0.717) is 5.56 Å². The van der Waals surface area contributed by atoms with Crippen molar-refractivity contribution >= 4 is 25.8 Å². The lowest BCUT2D eigenvalue weighted by Gasteiger charge is -2.07. The van der Waals surface area contributed by atoms with Gasteiger partial charge >= 0.3 is 0 Å². The minimum atomic E-state index is -4.35. The molecule has 8 heteroatoms. The van der Waals surface area contributed by atoms with Gasteiger partial charge in [0.2, 0.25) is 10.0 Å². The summed E-state index contributed by atoms with van der Waals surface area (Å²) in [6.07, 6.45) is 0.944. The fourth-order valence-electron chi connectivity index (χ4n) is 1.16. The third-order valence-electron chi connectivity index (χ3n) is 1.77. The topological polar surface area (TPSA) is 101 Å². The van der Waals surface area contributed by atoms with Crippen LogP contribution in [0.1, 0.15) is 5.56 Å². The Morgan fingerprint density at radius 3 is 2.19 bits per heavy atom. The molecule has 0 amide bonds. The molecule has 0 unspecified atom stereocenters. The van der Waals surface area contributed by atoms with Gasteiger partial charge in [-0.1, -0.05) is 6.07 Å². The van der Waals surface area contributed by atoms with Crippen LogP contribution in [0.5, 0.6) is 0 Å². The molecule has 0 aliphatic heterocycles. The third-order valence-corrected chi connectivity index (χ3v) is 3.37. The summed E-state index contributed by atoms with van der Waals surface area (Å²) < 4.78 is 54.8. The molecule has 0 fully saturated rings. The highest BCUT2D eigenvalue weighted by Gasteiger charge is 2.14. The molecule has 1 aromatic rings. The molecule has 0 bridgehead atoms. The summed E-state index contributed by atoms with van der Waals surface area (Å²) in [5.41, 5.74) is 0.419. The molecule has 0 saturated heterocycles. The Bertz CT molecular complexity index is 603.